The molecule has 4 aliphatic rings. The second-order valence-electron chi connectivity index (χ2n) is 8.46. The summed E-state index contributed by atoms with van der Waals surface area (Å²) >= 11 is 0. The second kappa shape index (κ2) is 5.72. The van der Waals surface area contributed by atoms with Crippen molar-refractivity contribution < 1.29 is 9.59 Å². The van der Waals surface area contributed by atoms with Crippen LogP contribution < -0.4 is 5.32 Å². The number of ketones is 1. The molecule has 0 aliphatic heterocycles. The van der Waals surface area contributed by atoms with Crippen molar-refractivity contribution in [3.63, 3.8) is 0 Å². The third-order valence-electron chi connectivity index (χ3n) is 7.08. The van der Waals surface area contributed by atoms with Crippen molar-refractivity contribution in [1.29, 1.82) is 0 Å². The highest BCUT2D eigenvalue weighted by Gasteiger charge is 2.60. The van der Waals surface area contributed by atoms with E-state index >= 15 is 0 Å². The molecule has 5 rings (SSSR count). The van der Waals surface area contributed by atoms with Gasteiger partial charge in [0.2, 0.25) is 5.91 Å². The van der Waals surface area contributed by atoms with E-state index in [0.29, 0.717) is 5.41 Å². The Labute approximate surface area is 144 Å². The molecule has 3 nitrogen and oxygen atoms in total. The van der Waals surface area contributed by atoms with Crippen LogP contribution in [0.25, 0.3) is 0 Å². The van der Waals surface area contributed by atoms with Crippen molar-refractivity contribution in [1.82, 2.24) is 5.32 Å². The lowest BCUT2D eigenvalue weighted by atomic mass is 9.71. The van der Waals surface area contributed by atoms with Gasteiger partial charge in [-0.25, -0.2) is 0 Å². The lowest BCUT2D eigenvalue weighted by Crippen LogP contribution is -2.49. The van der Waals surface area contributed by atoms with Crippen LogP contribution in [0.1, 0.15) is 57.4 Å². The van der Waals surface area contributed by atoms with Gasteiger partial charge >= 0.3 is 0 Å². The molecule has 1 N–H and O–H groups in total. The number of hydrogen-bond donors (Lipinski definition) is 1. The number of benzene rings is 1. The van der Waals surface area contributed by atoms with Crippen molar-refractivity contribution in [2.45, 2.75) is 57.9 Å². The molecule has 4 saturated carbocycles. The van der Waals surface area contributed by atoms with Crippen LogP contribution in [-0.2, 0) is 9.59 Å². The van der Waals surface area contributed by atoms with Gasteiger partial charge in [0.25, 0.3) is 0 Å². The number of carbonyl (C=O) groups excluding carboxylic acids is 2. The van der Waals surface area contributed by atoms with Crippen LogP contribution in [-0.4, -0.2) is 17.7 Å². The molecule has 0 aromatic heterocycles. The van der Waals surface area contributed by atoms with Gasteiger partial charge in [-0.3, -0.25) is 9.59 Å². The molecular weight excluding hydrogens is 298 g/mol. The summed E-state index contributed by atoms with van der Waals surface area (Å²) in [4.78, 5) is 25.0. The maximum absolute atomic E-state index is 12.9. The molecule has 24 heavy (non-hydrogen) atoms. The number of amides is 1. The van der Waals surface area contributed by atoms with Crippen molar-refractivity contribution in [3.05, 3.63) is 35.9 Å². The van der Waals surface area contributed by atoms with Crippen LogP contribution in [0.4, 0.5) is 0 Å². The average molecular weight is 325 g/mol. The molecule has 4 fully saturated rings. The summed E-state index contributed by atoms with van der Waals surface area (Å²) in [7, 11) is 0. The van der Waals surface area contributed by atoms with Crippen molar-refractivity contribution >= 4 is 11.7 Å². The Balaban J connectivity index is 1.52. The molecule has 1 aromatic rings. The van der Waals surface area contributed by atoms with Crippen LogP contribution in [0.3, 0.4) is 0 Å². The first-order valence-electron chi connectivity index (χ1n) is 9.35. The van der Waals surface area contributed by atoms with Gasteiger partial charge < -0.3 is 5.32 Å². The number of nitrogens with one attached hydrogen (secondary N) is 1. The predicted molar refractivity (Wildman–Crippen MR) is 93.5 cm³/mol. The average Bonchev–Trinajstić information content (AvgIpc) is 2.93. The SMILES string of the molecule is CC(=O)C(C(=O)NC(C)C12CC3CC(CC1C3)C2)c1ccccc1. The molecule has 1 aromatic carbocycles. The van der Waals surface area contributed by atoms with E-state index in [2.05, 4.69) is 12.2 Å². The molecular formula is C21H27NO2. The first kappa shape index (κ1) is 15.9. The highest BCUT2D eigenvalue weighted by atomic mass is 16.2. The number of rotatable bonds is 5. The highest BCUT2D eigenvalue weighted by molar-refractivity contribution is 6.05. The zero-order valence-corrected chi connectivity index (χ0v) is 14.6. The van der Waals surface area contributed by atoms with Gasteiger partial charge in [0.05, 0.1) is 0 Å². The number of carbonyl (C=O) groups is 2. The molecule has 4 atom stereocenters. The molecule has 3 heteroatoms. The number of hydrogen-bond acceptors (Lipinski definition) is 2. The van der Waals surface area contributed by atoms with Crippen LogP contribution in [0.15, 0.2) is 30.3 Å². The first-order valence-corrected chi connectivity index (χ1v) is 9.35. The van der Waals surface area contributed by atoms with E-state index in [9.17, 15) is 9.59 Å². The van der Waals surface area contributed by atoms with Crippen molar-refractivity contribution in [2.75, 3.05) is 0 Å². The predicted octanol–water partition coefficient (Wildman–Crippen LogP) is 3.69. The van der Waals surface area contributed by atoms with Crippen LogP contribution in [0, 0.1) is 23.2 Å². The Kier molecular flexibility index (Phi) is 3.78. The fourth-order valence-electron chi connectivity index (χ4n) is 6.22. The minimum Gasteiger partial charge on any atom is -0.352 e. The fourth-order valence-corrected chi connectivity index (χ4v) is 6.22. The molecule has 1 amide bonds. The molecule has 4 bridgehead atoms. The monoisotopic (exact) mass is 325 g/mol. The summed E-state index contributed by atoms with van der Waals surface area (Å²) in [5.74, 6) is 1.64. The summed E-state index contributed by atoms with van der Waals surface area (Å²) in [5, 5.41) is 3.25. The standard InChI is InChI=1S/C21H27NO2/c1-13(23)19(17-6-4-3-5-7-17)20(24)22-14(2)21-11-15-8-16(12-21)10-18(21)9-15/h3-7,14-16,18-19H,8-12H2,1-2H3,(H,22,24). The van der Waals surface area contributed by atoms with Gasteiger partial charge in [0.15, 0.2) is 0 Å². The van der Waals surface area contributed by atoms with E-state index in [0.717, 1.165) is 23.3 Å². The first-order chi connectivity index (χ1) is 11.5. The minimum atomic E-state index is -0.680. The Morgan fingerprint density at radius 3 is 2.29 bits per heavy atom. The van der Waals surface area contributed by atoms with Crippen LogP contribution in [0.5, 0.6) is 0 Å². The van der Waals surface area contributed by atoms with Gasteiger partial charge in [-0.05, 0) is 74.7 Å². The summed E-state index contributed by atoms with van der Waals surface area (Å²) in [6.07, 6.45) is 6.65. The van der Waals surface area contributed by atoms with Gasteiger partial charge in [0.1, 0.15) is 11.7 Å². The van der Waals surface area contributed by atoms with E-state index in [1.165, 1.54) is 39.0 Å². The minimum absolute atomic E-state index is 0.0827. The van der Waals surface area contributed by atoms with Crippen LogP contribution in [0.2, 0.25) is 0 Å². The topological polar surface area (TPSA) is 46.2 Å². The molecule has 0 radical (unpaired) electrons. The fraction of sp³-hybridized carbons (Fsp3) is 0.619. The van der Waals surface area contributed by atoms with Crippen LogP contribution >= 0.6 is 0 Å². The third-order valence-corrected chi connectivity index (χ3v) is 7.08. The van der Waals surface area contributed by atoms with E-state index in [-0.39, 0.29) is 17.7 Å². The van der Waals surface area contributed by atoms with E-state index in [1.807, 2.05) is 30.3 Å². The van der Waals surface area contributed by atoms with Gasteiger partial charge in [-0.15, -0.1) is 0 Å². The Morgan fingerprint density at radius 2 is 1.71 bits per heavy atom. The Bertz CT molecular complexity index is 639. The summed E-state index contributed by atoms with van der Waals surface area (Å²) < 4.78 is 0. The van der Waals surface area contributed by atoms with Gasteiger partial charge in [-0.1, -0.05) is 30.3 Å². The van der Waals surface area contributed by atoms with E-state index < -0.39 is 5.92 Å². The quantitative estimate of drug-likeness (QED) is 0.839. The molecule has 128 valence electrons. The zero-order chi connectivity index (χ0) is 16.9. The smallest absolute Gasteiger partial charge is 0.235 e. The molecule has 0 spiro atoms. The lowest BCUT2D eigenvalue weighted by Gasteiger charge is -2.39. The van der Waals surface area contributed by atoms with Crippen molar-refractivity contribution in [3.8, 4) is 0 Å². The Hall–Kier alpha value is -1.64. The normalized spacial score (nSPS) is 35.7. The maximum Gasteiger partial charge on any atom is 0.235 e. The molecule has 0 heterocycles. The molecule has 4 aliphatic carbocycles. The number of Topliss-reactive ketones (excluding diaryl/α,β-unsaturated/α-hetero) is 1. The van der Waals surface area contributed by atoms with E-state index in [1.54, 1.807) is 0 Å². The lowest BCUT2D eigenvalue weighted by molar-refractivity contribution is -0.130. The summed E-state index contributed by atoms with van der Waals surface area (Å²) in [6, 6.07) is 9.59. The summed E-state index contributed by atoms with van der Waals surface area (Å²) in [5.41, 5.74) is 1.09. The molecule has 0 saturated heterocycles. The maximum atomic E-state index is 12.9. The van der Waals surface area contributed by atoms with Gasteiger partial charge in [0, 0.05) is 6.04 Å². The molecule has 4 unspecified atom stereocenters. The van der Waals surface area contributed by atoms with Crippen molar-refractivity contribution in [2.24, 2.45) is 23.2 Å². The highest BCUT2D eigenvalue weighted by Crippen LogP contribution is 2.66. The Morgan fingerprint density at radius 1 is 1.08 bits per heavy atom. The second-order valence-corrected chi connectivity index (χ2v) is 8.46. The van der Waals surface area contributed by atoms with Gasteiger partial charge in [-0.2, -0.15) is 0 Å². The third kappa shape index (κ3) is 2.40. The zero-order valence-electron chi connectivity index (χ0n) is 14.6. The largest absolute Gasteiger partial charge is 0.352 e. The summed E-state index contributed by atoms with van der Waals surface area (Å²) in [6.45, 7) is 3.69. The van der Waals surface area contributed by atoms with E-state index in [4.69, 9.17) is 0 Å².